The highest BCUT2D eigenvalue weighted by molar-refractivity contribution is 6.01. The maximum absolute atomic E-state index is 11.2. The zero-order valence-corrected chi connectivity index (χ0v) is 8.37. The Kier molecular flexibility index (Phi) is 3.05. The number of carboxylic acids is 1. The number of aromatic carboxylic acids is 1. The Hall–Kier alpha value is -1.89. The van der Waals surface area contributed by atoms with Gasteiger partial charge in [-0.3, -0.25) is 9.89 Å². The molecule has 15 heavy (non-hydrogen) atoms. The summed E-state index contributed by atoms with van der Waals surface area (Å²) in [5.74, 6) is -1.65. The first kappa shape index (κ1) is 11.2. The Labute approximate surface area is 85.7 Å². The smallest absolute Gasteiger partial charge is 0.341 e. The maximum atomic E-state index is 11.2. The number of aromatic amines is 1. The maximum Gasteiger partial charge on any atom is 0.341 e. The van der Waals surface area contributed by atoms with Crippen LogP contribution in [0.5, 0.6) is 0 Å². The van der Waals surface area contributed by atoms with E-state index in [1.165, 1.54) is 6.92 Å². The van der Waals surface area contributed by atoms with Crippen LogP contribution in [0.3, 0.4) is 0 Å². The number of anilines is 1. The number of nitrogens with two attached hydrogens (primary N) is 1. The highest BCUT2D eigenvalue weighted by Crippen LogP contribution is 2.15. The number of aromatic nitrogens is 2. The molecule has 0 fully saturated rings. The first-order valence-electron chi connectivity index (χ1n) is 4.28. The van der Waals surface area contributed by atoms with Crippen molar-refractivity contribution in [3.63, 3.8) is 0 Å². The van der Waals surface area contributed by atoms with E-state index in [1.807, 2.05) is 0 Å². The van der Waals surface area contributed by atoms with Gasteiger partial charge in [0.15, 0.2) is 5.82 Å². The Morgan fingerprint density at radius 1 is 1.60 bits per heavy atom. The van der Waals surface area contributed by atoms with Gasteiger partial charge in [0.05, 0.1) is 6.04 Å². The number of amides is 1. The van der Waals surface area contributed by atoms with Crippen molar-refractivity contribution >= 4 is 17.7 Å². The van der Waals surface area contributed by atoms with E-state index < -0.39 is 17.9 Å². The van der Waals surface area contributed by atoms with Gasteiger partial charge < -0.3 is 16.2 Å². The number of rotatable bonds is 3. The average Bonchev–Trinajstić information content (AvgIpc) is 2.46. The summed E-state index contributed by atoms with van der Waals surface area (Å²) in [6.07, 6.45) is 0. The molecule has 1 rings (SSSR count). The third kappa shape index (κ3) is 2.32. The Morgan fingerprint density at radius 2 is 2.20 bits per heavy atom. The molecule has 0 aliphatic rings. The van der Waals surface area contributed by atoms with Crippen molar-refractivity contribution in [1.82, 2.24) is 10.2 Å². The number of carboxylic acid groups (broad SMARTS) is 1. The lowest BCUT2D eigenvalue weighted by atomic mass is 10.2. The Balaban J connectivity index is 2.96. The summed E-state index contributed by atoms with van der Waals surface area (Å²) in [7, 11) is 0. The zero-order chi connectivity index (χ0) is 11.6. The molecule has 5 N–H and O–H groups in total. The molecule has 7 heteroatoms. The second-order valence-electron chi connectivity index (χ2n) is 3.16. The monoisotopic (exact) mass is 212 g/mol. The standard InChI is InChI=1S/C8H12N4O3/c1-3(9)7(13)10-6-5(8(14)15)4(2)11-12-6/h3H,9H2,1-2H3,(H,14,15)(H2,10,11,12,13). The normalized spacial score (nSPS) is 12.2. The van der Waals surface area contributed by atoms with Crippen LogP contribution >= 0.6 is 0 Å². The topological polar surface area (TPSA) is 121 Å². The van der Waals surface area contributed by atoms with Crippen molar-refractivity contribution in [1.29, 1.82) is 0 Å². The minimum absolute atomic E-state index is 0.0118. The highest BCUT2D eigenvalue weighted by atomic mass is 16.4. The molecule has 1 unspecified atom stereocenters. The van der Waals surface area contributed by atoms with Gasteiger partial charge in [-0.15, -0.1) is 0 Å². The number of nitrogens with zero attached hydrogens (tertiary/aromatic N) is 1. The number of H-pyrrole nitrogens is 1. The van der Waals surface area contributed by atoms with Gasteiger partial charge in [0.2, 0.25) is 5.91 Å². The minimum Gasteiger partial charge on any atom is -0.477 e. The van der Waals surface area contributed by atoms with Crippen LogP contribution in [0.1, 0.15) is 23.0 Å². The molecule has 1 atom stereocenters. The summed E-state index contributed by atoms with van der Waals surface area (Å²) in [5, 5.41) is 17.3. The Morgan fingerprint density at radius 3 is 2.67 bits per heavy atom. The first-order chi connectivity index (χ1) is 6.93. The van der Waals surface area contributed by atoms with Crippen LogP contribution in [0.15, 0.2) is 0 Å². The van der Waals surface area contributed by atoms with E-state index in [1.54, 1.807) is 6.92 Å². The van der Waals surface area contributed by atoms with Crippen LogP contribution < -0.4 is 11.1 Å². The molecule has 1 aromatic heterocycles. The molecular weight excluding hydrogens is 200 g/mol. The molecule has 0 saturated heterocycles. The predicted octanol–water partition coefficient (Wildman–Crippen LogP) is -0.298. The summed E-state index contributed by atoms with van der Waals surface area (Å²) >= 11 is 0. The number of carbonyl (C=O) groups is 2. The summed E-state index contributed by atoms with van der Waals surface area (Å²) < 4.78 is 0. The molecule has 0 spiro atoms. The van der Waals surface area contributed by atoms with E-state index in [0.717, 1.165) is 0 Å². The molecule has 0 aliphatic carbocycles. The fourth-order valence-electron chi connectivity index (χ4n) is 1.01. The molecular formula is C8H12N4O3. The molecule has 1 aromatic rings. The molecule has 82 valence electrons. The SMILES string of the molecule is Cc1[nH]nc(NC(=O)C(C)N)c1C(=O)O. The lowest BCUT2D eigenvalue weighted by Crippen LogP contribution is -2.33. The molecule has 0 aromatic carbocycles. The van der Waals surface area contributed by atoms with Crippen LogP contribution in [0, 0.1) is 6.92 Å². The van der Waals surface area contributed by atoms with Crippen molar-refractivity contribution in [3.05, 3.63) is 11.3 Å². The lowest BCUT2D eigenvalue weighted by Gasteiger charge is -2.05. The van der Waals surface area contributed by atoms with E-state index in [0.29, 0.717) is 5.69 Å². The fourth-order valence-corrected chi connectivity index (χ4v) is 1.01. The van der Waals surface area contributed by atoms with Gasteiger partial charge in [-0.1, -0.05) is 0 Å². The van der Waals surface area contributed by atoms with Crippen LogP contribution in [0.2, 0.25) is 0 Å². The largest absolute Gasteiger partial charge is 0.477 e. The second-order valence-corrected chi connectivity index (χ2v) is 3.16. The van der Waals surface area contributed by atoms with Crippen LogP contribution in [0.25, 0.3) is 0 Å². The predicted molar refractivity (Wildman–Crippen MR) is 52.6 cm³/mol. The van der Waals surface area contributed by atoms with E-state index in [4.69, 9.17) is 10.8 Å². The van der Waals surface area contributed by atoms with Crippen LogP contribution in [-0.4, -0.2) is 33.2 Å². The van der Waals surface area contributed by atoms with Gasteiger partial charge in [-0.05, 0) is 13.8 Å². The number of nitrogens with one attached hydrogen (secondary N) is 2. The van der Waals surface area contributed by atoms with Crippen LogP contribution in [0.4, 0.5) is 5.82 Å². The van der Waals surface area contributed by atoms with Crippen molar-refractivity contribution in [2.45, 2.75) is 19.9 Å². The number of aryl methyl sites for hydroxylation is 1. The van der Waals surface area contributed by atoms with Gasteiger partial charge in [0.1, 0.15) is 5.56 Å². The van der Waals surface area contributed by atoms with E-state index in [2.05, 4.69) is 15.5 Å². The molecule has 0 saturated carbocycles. The zero-order valence-electron chi connectivity index (χ0n) is 8.37. The number of hydrogen-bond acceptors (Lipinski definition) is 4. The molecule has 1 amide bonds. The summed E-state index contributed by atoms with van der Waals surface area (Å²) in [5.41, 5.74) is 5.64. The van der Waals surface area contributed by atoms with Gasteiger partial charge in [-0.2, -0.15) is 5.10 Å². The second kappa shape index (κ2) is 4.09. The van der Waals surface area contributed by atoms with Gasteiger partial charge >= 0.3 is 5.97 Å². The van der Waals surface area contributed by atoms with Crippen LogP contribution in [-0.2, 0) is 4.79 Å². The van der Waals surface area contributed by atoms with Gasteiger partial charge in [0, 0.05) is 5.69 Å². The summed E-state index contributed by atoms with van der Waals surface area (Å²) in [6, 6.07) is -0.719. The third-order valence-corrected chi connectivity index (χ3v) is 1.82. The first-order valence-corrected chi connectivity index (χ1v) is 4.28. The quantitative estimate of drug-likeness (QED) is 0.548. The third-order valence-electron chi connectivity index (χ3n) is 1.82. The molecule has 1 heterocycles. The Bertz CT molecular complexity index is 397. The average molecular weight is 212 g/mol. The van der Waals surface area contributed by atoms with Crippen molar-refractivity contribution in [2.24, 2.45) is 5.73 Å². The van der Waals surface area contributed by atoms with Crippen molar-refractivity contribution in [3.8, 4) is 0 Å². The lowest BCUT2D eigenvalue weighted by molar-refractivity contribution is -0.117. The molecule has 0 radical (unpaired) electrons. The van der Waals surface area contributed by atoms with Crippen molar-refractivity contribution in [2.75, 3.05) is 5.32 Å². The van der Waals surface area contributed by atoms with Gasteiger partial charge in [-0.25, -0.2) is 4.79 Å². The van der Waals surface area contributed by atoms with E-state index >= 15 is 0 Å². The summed E-state index contributed by atoms with van der Waals surface area (Å²) in [6.45, 7) is 3.05. The van der Waals surface area contributed by atoms with E-state index in [-0.39, 0.29) is 11.4 Å². The highest BCUT2D eigenvalue weighted by Gasteiger charge is 2.19. The van der Waals surface area contributed by atoms with Crippen molar-refractivity contribution < 1.29 is 14.7 Å². The molecule has 7 nitrogen and oxygen atoms in total. The molecule has 0 bridgehead atoms. The minimum atomic E-state index is -1.15. The molecule has 0 aliphatic heterocycles. The van der Waals surface area contributed by atoms with Gasteiger partial charge in [0.25, 0.3) is 0 Å². The number of carbonyl (C=O) groups excluding carboxylic acids is 1. The summed E-state index contributed by atoms with van der Waals surface area (Å²) in [4.78, 5) is 22.0. The fraction of sp³-hybridized carbons (Fsp3) is 0.375. The number of hydrogen-bond donors (Lipinski definition) is 4. The van der Waals surface area contributed by atoms with E-state index in [9.17, 15) is 9.59 Å².